The van der Waals surface area contributed by atoms with Crippen LogP contribution in [0.3, 0.4) is 0 Å². The molecule has 2 saturated carbocycles. The quantitative estimate of drug-likeness (QED) is 0.642. The van der Waals surface area contributed by atoms with Gasteiger partial charge in [0.15, 0.2) is 5.79 Å². The average Bonchev–Trinajstić information content (AvgIpc) is 2.59. The first-order chi connectivity index (χ1) is 6.78. The fourth-order valence-corrected chi connectivity index (χ4v) is 3.06. The van der Waals surface area contributed by atoms with Crippen molar-refractivity contribution >= 4 is 0 Å². The summed E-state index contributed by atoms with van der Waals surface area (Å²) in [6.07, 6.45) is 7.64. The van der Waals surface area contributed by atoms with Gasteiger partial charge in [0.2, 0.25) is 0 Å². The molecule has 0 aromatic heterocycles. The van der Waals surface area contributed by atoms with E-state index in [0.29, 0.717) is 0 Å². The Bertz CT molecular complexity index is 231. The van der Waals surface area contributed by atoms with E-state index in [0.717, 1.165) is 38.5 Å². The lowest BCUT2D eigenvalue weighted by Gasteiger charge is -2.47. The molecule has 3 rings (SSSR count). The molecule has 3 heteroatoms. The highest BCUT2D eigenvalue weighted by molar-refractivity contribution is 4.93. The summed E-state index contributed by atoms with van der Waals surface area (Å²) in [5.41, 5.74) is 0. The van der Waals surface area contributed by atoms with Crippen LogP contribution in [0.2, 0.25) is 0 Å². The maximum Gasteiger partial charge on any atom is 0.192 e. The molecule has 1 aliphatic heterocycles. The number of hydrogen-bond acceptors (Lipinski definition) is 3. The zero-order valence-corrected chi connectivity index (χ0v) is 8.45. The van der Waals surface area contributed by atoms with Crippen LogP contribution in [0.4, 0.5) is 0 Å². The molecule has 14 heavy (non-hydrogen) atoms. The summed E-state index contributed by atoms with van der Waals surface area (Å²) in [5, 5.41) is 10.3. The molecule has 1 saturated heterocycles. The van der Waals surface area contributed by atoms with Crippen molar-refractivity contribution in [1.29, 1.82) is 0 Å². The normalized spacial score (nSPS) is 52.5. The van der Waals surface area contributed by atoms with Gasteiger partial charge in [-0.25, -0.2) is 0 Å². The second kappa shape index (κ2) is 3.19. The van der Waals surface area contributed by atoms with Crippen LogP contribution in [0, 0.1) is 0 Å². The minimum atomic E-state index is -0.955. The third-order valence-corrected chi connectivity index (χ3v) is 3.84. The Morgan fingerprint density at radius 2 is 1.86 bits per heavy atom. The molecule has 0 aromatic carbocycles. The molecule has 1 heterocycles. The minimum absolute atomic E-state index is 0.0596. The van der Waals surface area contributed by atoms with Gasteiger partial charge in [-0.2, -0.15) is 0 Å². The Labute approximate surface area is 84.4 Å². The van der Waals surface area contributed by atoms with Crippen molar-refractivity contribution < 1.29 is 14.6 Å². The van der Waals surface area contributed by atoms with Gasteiger partial charge >= 0.3 is 0 Å². The third kappa shape index (κ3) is 1.30. The number of rotatable bonds is 0. The van der Waals surface area contributed by atoms with Gasteiger partial charge in [0.05, 0.1) is 12.2 Å². The van der Waals surface area contributed by atoms with Crippen molar-refractivity contribution in [2.45, 2.75) is 69.0 Å². The first-order valence-electron chi connectivity index (χ1n) is 5.84. The first-order valence-corrected chi connectivity index (χ1v) is 5.84. The van der Waals surface area contributed by atoms with Gasteiger partial charge in [0.25, 0.3) is 0 Å². The van der Waals surface area contributed by atoms with Gasteiger partial charge in [-0.05, 0) is 32.1 Å². The predicted molar refractivity (Wildman–Crippen MR) is 50.8 cm³/mol. The van der Waals surface area contributed by atoms with E-state index in [1.165, 1.54) is 6.42 Å². The predicted octanol–water partition coefficient (Wildman–Crippen LogP) is 1.59. The highest BCUT2D eigenvalue weighted by Crippen LogP contribution is 2.42. The Kier molecular flexibility index (Phi) is 2.08. The van der Waals surface area contributed by atoms with Crippen LogP contribution >= 0.6 is 0 Å². The van der Waals surface area contributed by atoms with E-state index in [4.69, 9.17) is 9.47 Å². The molecule has 3 aliphatic rings. The number of hydrogen-bond donors (Lipinski definition) is 1. The molecule has 0 amide bonds. The molecule has 2 aliphatic carbocycles. The molecule has 4 atom stereocenters. The van der Waals surface area contributed by atoms with Crippen LogP contribution in [0.25, 0.3) is 0 Å². The summed E-state index contributed by atoms with van der Waals surface area (Å²) >= 11 is 0. The molecular formula is C11H18O3. The van der Waals surface area contributed by atoms with E-state index in [-0.39, 0.29) is 18.3 Å². The van der Waals surface area contributed by atoms with Gasteiger partial charge < -0.3 is 14.6 Å². The fourth-order valence-electron chi connectivity index (χ4n) is 3.06. The number of aliphatic hydroxyl groups is 1. The van der Waals surface area contributed by atoms with Crippen LogP contribution in [0.1, 0.15) is 44.9 Å². The zero-order valence-electron chi connectivity index (χ0n) is 8.45. The second-order valence-electron chi connectivity index (χ2n) is 4.84. The van der Waals surface area contributed by atoms with E-state index in [9.17, 15) is 5.11 Å². The molecule has 1 N–H and O–H groups in total. The van der Waals surface area contributed by atoms with E-state index < -0.39 is 5.79 Å². The number of fused-ring (bicyclic) bond motifs is 2. The van der Waals surface area contributed by atoms with E-state index in [1.54, 1.807) is 0 Å². The molecule has 0 radical (unpaired) electrons. The van der Waals surface area contributed by atoms with Gasteiger partial charge in [-0.1, -0.05) is 6.42 Å². The largest absolute Gasteiger partial charge is 0.367 e. The lowest BCUT2D eigenvalue weighted by Crippen LogP contribution is -2.57. The van der Waals surface area contributed by atoms with Gasteiger partial charge in [0.1, 0.15) is 6.10 Å². The topological polar surface area (TPSA) is 38.7 Å². The monoisotopic (exact) mass is 198 g/mol. The smallest absolute Gasteiger partial charge is 0.192 e. The summed E-state index contributed by atoms with van der Waals surface area (Å²) in [6, 6.07) is 0. The van der Waals surface area contributed by atoms with Crippen molar-refractivity contribution in [3.05, 3.63) is 0 Å². The Hall–Kier alpha value is -0.120. The van der Waals surface area contributed by atoms with E-state index >= 15 is 0 Å². The first kappa shape index (κ1) is 9.13. The van der Waals surface area contributed by atoms with E-state index in [1.807, 2.05) is 0 Å². The highest BCUT2D eigenvalue weighted by atomic mass is 16.7. The summed E-state index contributed by atoms with van der Waals surface area (Å²) in [4.78, 5) is 0. The Morgan fingerprint density at radius 1 is 1.00 bits per heavy atom. The SMILES string of the molecule is OC12CCCCC1OC1CCCC1O2. The Morgan fingerprint density at radius 3 is 2.79 bits per heavy atom. The molecule has 4 unspecified atom stereocenters. The summed E-state index contributed by atoms with van der Waals surface area (Å²) in [7, 11) is 0. The van der Waals surface area contributed by atoms with Crippen LogP contribution in [-0.2, 0) is 9.47 Å². The Balaban J connectivity index is 1.79. The molecule has 0 spiro atoms. The van der Waals surface area contributed by atoms with Gasteiger partial charge in [-0.3, -0.25) is 0 Å². The van der Waals surface area contributed by atoms with Gasteiger partial charge in [-0.15, -0.1) is 0 Å². The van der Waals surface area contributed by atoms with Crippen LogP contribution in [0.5, 0.6) is 0 Å². The number of ether oxygens (including phenoxy) is 2. The molecular weight excluding hydrogens is 180 g/mol. The highest BCUT2D eigenvalue weighted by Gasteiger charge is 2.50. The molecule has 0 aromatic rings. The summed E-state index contributed by atoms with van der Waals surface area (Å²) in [6.45, 7) is 0. The molecule has 3 fully saturated rings. The van der Waals surface area contributed by atoms with Crippen molar-refractivity contribution in [2.24, 2.45) is 0 Å². The third-order valence-electron chi connectivity index (χ3n) is 3.84. The molecule has 0 bridgehead atoms. The molecule has 80 valence electrons. The van der Waals surface area contributed by atoms with Crippen LogP contribution in [0.15, 0.2) is 0 Å². The fraction of sp³-hybridized carbons (Fsp3) is 1.00. The van der Waals surface area contributed by atoms with Crippen LogP contribution < -0.4 is 0 Å². The van der Waals surface area contributed by atoms with Crippen molar-refractivity contribution in [3.63, 3.8) is 0 Å². The second-order valence-corrected chi connectivity index (χ2v) is 4.84. The lowest BCUT2D eigenvalue weighted by molar-refractivity contribution is -0.354. The minimum Gasteiger partial charge on any atom is -0.367 e. The summed E-state index contributed by atoms with van der Waals surface area (Å²) in [5.74, 6) is -0.955. The van der Waals surface area contributed by atoms with Crippen LogP contribution in [-0.4, -0.2) is 29.2 Å². The van der Waals surface area contributed by atoms with E-state index in [2.05, 4.69) is 0 Å². The van der Waals surface area contributed by atoms with Crippen molar-refractivity contribution in [3.8, 4) is 0 Å². The van der Waals surface area contributed by atoms with Gasteiger partial charge in [0, 0.05) is 6.42 Å². The molecule has 3 nitrogen and oxygen atoms in total. The summed E-state index contributed by atoms with van der Waals surface area (Å²) < 4.78 is 11.8. The average molecular weight is 198 g/mol. The maximum atomic E-state index is 10.3. The maximum absolute atomic E-state index is 10.3. The van der Waals surface area contributed by atoms with Crippen molar-refractivity contribution in [2.75, 3.05) is 0 Å². The zero-order chi connectivity index (χ0) is 9.60. The van der Waals surface area contributed by atoms with Crippen molar-refractivity contribution in [1.82, 2.24) is 0 Å². The lowest BCUT2D eigenvalue weighted by atomic mass is 9.89. The standard InChI is InChI=1S/C11H18O3/c12-11-7-2-1-6-10(11)13-8-4-3-5-9(8)14-11/h8-10,12H,1-7H2.